The molecule has 0 aliphatic carbocycles. The van der Waals surface area contributed by atoms with Crippen LogP contribution in [0.2, 0.25) is 0 Å². The first-order valence-electron chi connectivity index (χ1n) is 2.97. The number of rotatable bonds is 2. The molecule has 0 aromatic carbocycles. The van der Waals surface area contributed by atoms with Gasteiger partial charge in [-0.05, 0) is 0 Å². The molecule has 0 aliphatic rings. The Balaban J connectivity index is 0. The Labute approximate surface area is 84.2 Å². The summed E-state index contributed by atoms with van der Waals surface area (Å²) in [5, 5.41) is 0. The lowest BCUT2D eigenvalue weighted by Crippen LogP contribution is -2.09. The molecule has 0 aromatic heterocycles. The van der Waals surface area contributed by atoms with E-state index < -0.39 is 30.1 Å². The zero-order valence-corrected chi connectivity index (χ0v) is 10.5. The standard InChI is InChI=1S/C2H6O5S2.C2H6O2S/c1-8(3,4)7-9(2,5)6;1-5(2,3)4/h1-2H3;1-2H3. The summed E-state index contributed by atoms with van der Waals surface area (Å²) in [6.45, 7) is 0. The number of sulfone groups is 1. The van der Waals surface area contributed by atoms with Crippen molar-refractivity contribution in [2.75, 3.05) is 25.0 Å². The third-order valence-electron chi connectivity index (χ3n) is 0.247. The van der Waals surface area contributed by atoms with Gasteiger partial charge >= 0.3 is 0 Å². The molecule has 0 fully saturated rings. The third kappa shape index (κ3) is 40.9. The maximum Gasteiger partial charge on any atom is 0.278 e. The minimum absolute atomic E-state index is 0.661. The SMILES string of the molecule is CS(=O)(=O)OS(C)(=O)=O.CS(C)(=O)=O. The number of hydrogen-bond donors (Lipinski definition) is 0. The Hall–Kier alpha value is -0.190. The molecular formula is C4H12O7S3. The van der Waals surface area contributed by atoms with E-state index >= 15 is 0 Å². The summed E-state index contributed by atoms with van der Waals surface area (Å²) in [7, 11) is -10.4. The third-order valence-corrected chi connectivity index (χ3v) is 2.22. The Bertz CT molecular complexity index is 413. The number of hydrogen-bond acceptors (Lipinski definition) is 7. The summed E-state index contributed by atoms with van der Waals surface area (Å²) in [4.78, 5) is 0. The predicted molar refractivity (Wildman–Crippen MR) is 51.5 cm³/mol. The molecule has 0 aliphatic heterocycles. The summed E-state index contributed by atoms with van der Waals surface area (Å²) in [5.41, 5.74) is 0. The van der Waals surface area contributed by atoms with Crippen LogP contribution in [0.15, 0.2) is 0 Å². The van der Waals surface area contributed by atoms with Crippen LogP contribution in [0.25, 0.3) is 0 Å². The molecule has 0 bridgehead atoms. The Morgan fingerprint density at radius 3 is 0.786 bits per heavy atom. The molecule has 10 heteroatoms. The second kappa shape index (κ2) is 5.05. The van der Waals surface area contributed by atoms with E-state index in [1.165, 1.54) is 0 Å². The van der Waals surface area contributed by atoms with E-state index in [4.69, 9.17) is 0 Å². The van der Waals surface area contributed by atoms with Crippen molar-refractivity contribution in [2.24, 2.45) is 0 Å². The lowest BCUT2D eigenvalue weighted by Gasteiger charge is -1.92. The summed E-state index contributed by atoms with van der Waals surface area (Å²) < 4.78 is 63.0. The van der Waals surface area contributed by atoms with Gasteiger partial charge in [-0.15, -0.1) is 3.63 Å². The molecule has 0 aromatic rings. The molecule has 0 spiro atoms. The van der Waals surface area contributed by atoms with Crippen LogP contribution >= 0.6 is 0 Å². The van der Waals surface area contributed by atoms with Gasteiger partial charge in [-0.25, -0.2) is 8.42 Å². The highest BCUT2D eigenvalue weighted by molar-refractivity contribution is 7.99. The van der Waals surface area contributed by atoms with Crippen LogP contribution in [0.3, 0.4) is 0 Å². The quantitative estimate of drug-likeness (QED) is 0.604. The first-order chi connectivity index (χ1) is 5.71. The Morgan fingerprint density at radius 1 is 0.643 bits per heavy atom. The van der Waals surface area contributed by atoms with E-state index in [-0.39, 0.29) is 0 Å². The highest BCUT2D eigenvalue weighted by Crippen LogP contribution is 1.92. The van der Waals surface area contributed by atoms with Gasteiger partial charge in [0, 0.05) is 12.5 Å². The Kier molecular flexibility index (Phi) is 5.86. The molecule has 0 rings (SSSR count). The zero-order valence-electron chi connectivity index (χ0n) is 8.08. The van der Waals surface area contributed by atoms with Gasteiger partial charge in [0.05, 0.1) is 12.5 Å². The van der Waals surface area contributed by atoms with Crippen LogP contribution < -0.4 is 0 Å². The largest absolute Gasteiger partial charge is 0.278 e. The van der Waals surface area contributed by atoms with Crippen LogP contribution in [0.4, 0.5) is 0 Å². The van der Waals surface area contributed by atoms with Gasteiger partial charge in [-0.2, -0.15) is 16.8 Å². The minimum Gasteiger partial charge on any atom is -0.229 e. The molecule has 7 nitrogen and oxygen atoms in total. The van der Waals surface area contributed by atoms with Crippen molar-refractivity contribution in [3.8, 4) is 0 Å². The van der Waals surface area contributed by atoms with E-state index in [0.717, 1.165) is 12.5 Å². The first-order valence-corrected chi connectivity index (χ1v) is 8.90. The Morgan fingerprint density at radius 2 is 0.786 bits per heavy atom. The van der Waals surface area contributed by atoms with Gasteiger partial charge in [0.15, 0.2) is 0 Å². The first kappa shape index (κ1) is 16.2. The molecule has 88 valence electrons. The van der Waals surface area contributed by atoms with Crippen molar-refractivity contribution >= 4 is 30.1 Å². The lowest BCUT2D eigenvalue weighted by atomic mass is 11.9. The average Bonchev–Trinajstić information content (AvgIpc) is 1.42. The van der Waals surface area contributed by atoms with Crippen molar-refractivity contribution in [1.29, 1.82) is 0 Å². The fourth-order valence-electron chi connectivity index (χ4n) is 0.225. The second-order valence-electron chi connectivity index (χ2n) is 2.62. The summed E-state index contributed by atoms with van der Waals surface area (Å²) >= 11 is 0. The van der Waals surface area contributed by atoms with Crippen molar-refractivity contribution in [2.45, 2.75) is 0 Å². The van der Waals surface area contributed by atoms with Crippen LogP contribution in [0, 0.1) is 0 Å². The van der Waals surface area contributed by atoms with E-state index in [0.29, 0.717) is 12.5 Å². The maximum atomic E-state index is 10.0. The summed E-state index contributed by atoms with van der Waals surface area (Å²) in [5.74, 6) is 0. The van der Waals surface area contributed by atoms with E-state index in [9.17, 15) is 25.3 Å². The van der Waals surface area contributed by atoms with Crippen molar-refractivity contribution < 1.29 is 28.9 Å². The zero-order chi connectivity index (χ0) is 12.2. The molecule has 0 heterocycles. The highest BCUT2D eigenvalue weighted by atomic mass is 32.3. The summed E-state index contributed by atoms with van der Waals surface area (Å²) in [6, 6.07) is 0. The fraction of sp³-hybridized carbons (Fsp3) is 1.00. The molecule has 0 atom stereocenters. The van der Waals surface area contributed by atoms with Crippen LogP contribution in [0.1, 0.15) is 0 Å². The van der Waals surface area contributed by atoms with Crippen molar-refractivity contribution in [1.82, 2.24) is 0 Å². The van der Waals surface area contributed by atoms with Gasteiger partial charge in [-0.1, -0.05) is 0 Å². The molecule has 0 N–H and O–H groups in total. The molecule has 0 unspecified atom stereocenters. The van der Waals surface area contributed by atoms with Crippen LogP contribution in [0.5, 0.6) is 0 Å². The van der Waals surface area contributed by atoms with Gasteiger partial charge in [0.2, 0.25) is 0 Å². The fourth-order valence-corrected chi connectivity index (χ4v) is 2.02. The smallest absolute Gasteiger partial charge is 0.229 e. The molecule has 0 radical (unpaired) electrons. The normalized spacial score (nSPS) is 12.9. The van der Waals surface area contributed by atoms with Gasteiger partial charge in [0.1, 0.15) is 9.84 Å². The van der Waals surface area contributed by atoms with E-state index in [1.807, 2.05) is 0 Å². The molecule has 0 amide bonds. The topological polar surface area (TPSA) is 112 Å². The average molecular weight is 268 g/mol. The van der Waals surface area contributed by atoms with Crippen LogP contribution in [-0.4, -0.2) is 50.3 Å². The molecule has 0 saturated carbocycles. The molecule has 14 heavy (non-hydrogen) atoms. The predicted octanol–water partition coefficient (Wildman–Crippen LogP) is -1.42. The van der Waals surface area contributed by atoms with Gasteiger partial charge in [0.25, 0.3) is 20.2 Å². The summed E-state index contributed by atoms with van der Waals surface area (Å²) in [6.07, 6.45) is 3.64. The van der Waals surface area contributed by atoms with E-state index in [1.54, 1.807) is 0 Å². The van der Waals surface area contributed by atoms with Crippen molar-refractivity contribution in [3.05, 3.63) is 0 Å². The van der Waals surface area contributed by atoms with E-state index in [2.05, 4.69) is 3.63 Å². The monoisotopic (exact) mass is 268 g/mol. The van der Waals surface area contributed by atoms with Crippen molar-refractivity contribution in [3.63, 3.8) is 0 Å². The van der Waals surface area contributed by atoms with Crippen LogP contribution in [-0.2, 0) is 33.7 Å². The minimum atomic E-state index is -3.87. The molecular weight excluding hydrogens is 256 g/mol. The van der Waals surface area contributed by atoms with Gasteiger partial charge < -0.3 is 0 Å². The van der Waals surface area contributed by atoms with Gasteiger partial charge in [-0.3, -0.25) is 0 Å². The second-order valence-corrected chi connectivity index (χ2v) is 8.27. The maximum absolute atomic E-state index is 10.0. The highest BCUT2D eigenvalue weighted by Gasteiger charge is 2.10. The lowest BCUT2D eigenvalue weighted by molar-refractivity contribution is 0.471. The molecule has 0 saturated heterocycles.